The number of hydrogen-bond acceptors (Lipinski definition) is 6. The van der Waals surface area contributed by atoms with E-state index < -0.39 is 0 Å². The molecule has 1 aromatic heterocycles. The van der Waals surface area contributed by atoms with E-state index in [9.17, 15) is 5.11 Å². The molecule has 1 unspecified atom stereocenters. The Morgan fingerprint density at radius 1 is 1.27 bits per heavy atom. The molecule has 2 aliphatic rings. The van der Waals surface area contributed by atoms with Gasteiger partial charge in [-0.15, -0.1) is 0 Å². The molecule has 4 rings (SSSR count). The first-order chi connectivity index (χ1) is 10.8. The van der Waals surface area contributed by atoms with Gasteiger partial charge >= 0.3 is 0 Å². The highest BCUT2D eigenvalue weighted by Gasteiger charge is 2.23. The average Bonchev–Trinajstić information content (AvgIpc) is 3.27. The molecule has 7 nitrogen and oxygen atoms in total. The highest BCUT2D eigenvalue weighted by molar-refractivity contribution is 5.44. The smallest absolute Gasteiger partial charge is 0.231 e. The fraction of sp³-hybridized carbons (Fsp3) is 0.467. The molecule has 0 radical (unpaired) electrons. The molecule has 0 saturated carbocycles. The Kier molecular flexibility index (Phi) is 3.44. The van der Waals surface area contributed by atoms with Gasteiger partial charge in [-0.2, -0.15) is 5.10 Å². The van der Waals surface area contributed by atoms with Crippen LogP contribution in [0.1, 0.15) is 29.6 Å². The lowest BCUT2D eigenvalue weighted by atomic mass is 10.1. The van der Waals surface area contributed by atoms with E-state index in [1.54, 1.807) is 4.68 Å². The topological polar surface area (TPSA) is 78.6 Å². The van der Waals surface area contributed by atoms with E-state index in [1.807, 2.05) is 18.2 Å². The van der Waals surface area contributed by atoms with Crippen LogP contribution >= 0.6 is 0 Å². The van der Waals surface area contributed by atoms with Gasteiger partial charge in [0.1, 0.15) is 6.61 Å². The first-order valence-electron chi connectivity index (χ1n) is 7.34. The van der Waals surface area contributed by atoms with Gasteiger partial charge in [-0.25, -0.2) is 9.67 Å². The molecule has 1 atom stereocenters. The molecule has 2 aliphatic heterocycles. The summed E-state index contributed by atoms with van der Waals surface area (Å²) >= 11 is 0. The van der Waals surface area contributed by atoms with Crippen molar-refractivity contribution in [3.05, 3.63) is 35.4 Å². The van der Waals surface area contributed by atoms with Crippen molar-refractivity contribution >= 4 is 0 Å². The summed E-state index contributed by atoms with van der Waals surface area (Å²) in [5.74, 6) is 3.05. The van der Waals surface area contributed by atoms with Crippen molar-refractivity contribution in [2.45, 2.75) is 25.5 Å². The van der Waals surface area contributed by atoms with E-state index in [1.165, 1.54) is 0 Å². The standard InChI is InChI=1S/C15H17N3O4/c19-7-14-16-15(11-3-4-20-8-11)17-18(14)6-10-1-2-12-13(5-10)22-9-21-12/h1-2,5,11,19H,3-4,6-9H2. The highest BCUT2D eigenvalue weighted by Crippen LogP contribution is 2.32. The fourth-order valence-corrected chi connectivity index (χ4v) is 2.76. The summed E-state index contributed by atoms with van der Waals surface area (Å²) in [6.07, 6.45) is 0.929. The van der Waals surface area contributed by atoms with Crippen LogP contribution in [0.15, 0.2) is 18.2 Å². The molecule has 0 aliphatic carbocycles. The van der Waals surface area contributed by atoms with Gasteiger partial charge in [-0.3, -0.25) is 0 Å². The molecule has 1 fully saturated rings. The predicted molar refractivity (Wildman–Crippen MR) is 75.8 cm³/mol. The zero-order valence-corrected chi connectivity index (χ0v) is 12.1. The predicted octanol–water partition coefficient (Wildman–Crippen LogP) is 1.05. The van der Waals surface area contributed by atoms with E-state index in [2.05, 4.69) is 10.1 Å². The molecule has 7 heteroatoms. The molecule has 22 heavy (non-hydrogen) atoms. The molecule has 1 saturated heterocycles. The molecular weight excluding hydrogens is 286 g/mol. The molecule has 2 aromatic rings. The Labute approximate surface area is 127 Å². The van der Waals surface area contributed by atoms with Crippen molar-refractivity contribution in [1.29, 1.82) is 0 Å². The van der Waals surface area contributed by atoms with Gasteiger partial charge in [0.25, 0.3) is 0 Å². The summed E-state index contributed by atoms with van der Waals surface area (Å²) in [5.41, 5.74) is 1.03. The van der Waals surface area contributed by atoms with E-state index in [0.29, 0.717) is 19.0 Å². The maximum absolute atomic E-state index is 9.51. The Morgan fingerprint density at radius 2 is 2.18 bits per heavy atom. The van der Waals surface area contributed by atoms with Crippen LogP contribution in [-0.4, -0.2) is 39.9 Å². The van der Waals surface area contributed by atoms with Crippen molar-refractivity contribution in [2.75, 3.05) is 20.0 Å². The van der Waals surface area contributed by atoms with Crippen LogP contribution in [0.4, 0.5) is 0 Å². The lowest BCUT2D eigenvalue weighted by Gasteiger charge is -2.05. The van der Waals surface area contributed by atoms with Crippen molar-refractivity contribution in [3.8, 4) is 11.5 Å². The van der Waals surface area contributed by atoms with E-state index in [0.717, 1.165) is 35.9 Å². The second-order valence-corrected chi connectivity index (χ2v) is 5.45. The summed E-state index contributed by atoms with van der Waals surface area (Å²) in [7, 11) is 0. The lowest BCUT2D eigenvalue weighted by molar-refractivity contribution is 0.174. The van der Waals surface area contributed by atoms with Crippen LogP contribution in [-0.2, 0) is 17.9 Å². The van der Waals surface area contributed by atoms with E-state index >= 15 is 0 Å². The number of aliphatic hydroxyl groups is 1. The molecule has 116 valence electrons. The second kappa shape index (κ2) is 5.58. The van der Waals surface area contributed by atoms with Crippen LogP contribution in [0, 0.1) is 0 Å². The highest BCUT2D eigenvalue weighted by atomic mass is 16.7. The van der Waals surface area contributed by atoms with Crippen molar-refractivity contribution in [1.82, 2.24) is 14.8 Å². The van der Waals surface area contributed by atoms with Crippen LogP contribution in [0.5, 0.6) is 11.5 Å². The number of ether oxygens (including phenoxy) is 3. The molecule has 1 aromatic carbocycles. The molecule has 0 spiro atoms. The second-order valence-electron chi connectivity index (χ2n) is 5.45. The minimum atomic E-state index is -0.134. The molecule has 1 N–H and O–H groups in total. The Balaban J connectivity index is 1.59. The monoisotopic (exact) mass is 303 g/mol. The Morgan fingerprint density at radius 3 is 3.00 bits per heavy atom. The van der Waals surface area contributed by atoms with Gasteiger partial charge in [-0.05, 0) is 24.1 Å². The molecular formula is C15H17N3O4. The summed E-state index contributed by atoms with van der Waals surface area (Å²) in [6, 6.07) is 5.79. The third-order valence-corrected chi connectivity index (χ3v) is 3.97. The number of nitrogens with zero attached hydrogens (tertiary/aromatic N) is 3. The number of benzene rings is 1. The van der Waals surface area contributed by atoms with Gasteiger partial charge in [0.05, 0.1) is 13.2 Å². The quantitative estimate of drug-likeness (QED) is 0.909. The molecule has 3 heterocycles. The third-order valence-electron chi connectivity index (χ3n) is 3.97. The van der Waals surface area contributed by atoms with Gasteiger partial charge in [0, 0.05) is 12.5 Å². The first-order valence-corrected chi connectivity index (χ1v) is 7.34. The fourth-order valence-electron chi connectivity index (χ4n) is 2.76. The van der Waals surface area contributed by atoms with Gasteiger partial charge in [0.15, 0.2) is 23.1 Å². The number of aromatic nitrogens is 3. The zero-order valence-electron chi connectivity index (χ0n) is 12.1. The maximum atomic E-state index is 9.51. The maximum Gasteiger partial charge on any atom is 0.231 e. The average molecular weight is 303 g/mol. The zero-order chi connectivity index (χ0) is 14.9. The van der Waals surface area contributed by atoms with Crippen LogP contribution in [0.2, 0.25) is 0 Å². The minimum absolute atomic E-state index is 0.134. The van der Waals surface area contributed by atoms with Gasteiger partial charge in [-0.1, -0.05) is 6.07 Å². The van der Waals surface area contributed by atoms with Crippen LogP contribution in [0.3, 0.4) is 0 Å². The molecule has 0 amide bonds. The van der Waals surface area contributed by atoms with Crippen LogP contribution < -0.4 is 9.47 Å². The number of rotatable bonds is 4. The number of fused-ring (bicyclic) bond motifs is 1. The summed E-state index contributed by atoms with van der Waals surface area (Å²) in [5, 5.41) is 14.1. The number of hydrogen-bond donors (Lipinski definition) is 1. The normalized spacial score (nSPS) is 19.8. The van der Waals surface area contributed by atoms with Gasteiger partial charge < -0.3 is 19.3 Å². The Hall–Kier alpha value is -2.12. The molecule has 0 bridgehead atoms. The summed E-state index contributed by atoms with van der Waals surface area (Å²) < 4.78 is 17.8. The van der Waals surface area contributed by atoms with Gasteiger partial charge in [0.2, 0.25) is 6.79 Å². The van der Waals surface area contributed by atoms with Crippen LogP contribution in [0.25, 0.3) is 0 Å². The van der Waals surface area contributed by atoms with Crippen molar-refractivity contribution < 1.29 is 19.3 Å². The first kappa shape index (κ1) is 13.5. The number of aliphatic hydroxyl groups excluding tert-OH is 1. The minimum Gasteiger partial charge on any atom is -0.454 e. The van der Waals surface area contributed by atoms with E-state index in [4.69, 9.17) is 14.2 Å². The third kappa shape index (κ3) is 2.42. The van der Waals surface area contributed by atoms with Crippen molar-refractivity contribution in [3.63, 3.8) is 0 Å². The summed E-state index contributed by atoms with van der Waals surface area (Å²) in [4.78, 5) is 4.45. The van der Waals surface area contributed by atoms with Crippen molar-refractivity contribution in [2.24, 2.45) is 0 Å². The van der Waals surface area contributed by atoms with E-state index in [-0.39, 0.29) is 19.3 Å². The lowest BCUT2D eigenvalue weighted by Crippen LogP contribution is -2.07. The summed E-state index contributed by atoms with van der Waals surface area (Å²) in [6.45, 7) is 2.06. The SMILES string of the molecule is OCc1nc(C2CCOC2)nn1Cc1ccc2c(c1)OCO2. The largest absolute Gasteiger partial charge is 0.454 e. The Bertz CT molecular complexity index is 679.